The molecule has 148 valence electrons. The molecule has 7 heteroatoms. The summed E-state index contributed by atoms with van der Waals surface area (Å²) in [5, 5.41) is 16.9. The Hall–Kier alpha value is -2.67. The number of carbonyl (C=O) groups excluding carboxylic acids is 1. The molecule has 7 nitrogen and oxygen atoms in total. The number of rotatable bonds is 5. The van der Waals surface area contributed by atoms with Crippen molar-refractivity contribution in [2.45, 2.75) is 45.1 Å². The molecular weight excluding hydrogens is 358 g/mol. The first-order valence-electron chi connectivity index (χ1n) is 9.84. The van der Waals surface area contributed by atoms with Gasteiger partial charge in [0, 0.05) is 23.8 Å². The second kappa shape index (κ2) is 7.75. The summed E-state index contributed by atoms with van der Waals surface area (Å²) in [4.78, 5) is 24.7. The number of aliphatic carboxylic acids is 1. The zero-order valence-corrected chi connectivity index (χ0v) is 16.0. The molecule has 4 rings (SSSR count). The van der Waals surface area contributed by atoms with E-state index in [1.54, 1.807) is 0 Å². The van der Waals surface area contributed by atoms with Gasteiger partial charge in [0.05, 0.1) is 12.3 Å². The lowest BCUT2D eigenvalue weighted by Crippen LogP contribution is -2.48. The molecule has 1 amide bonds. The number of carboxylic acid groups (broad SMARTS) is 1. The largest absolute Gasteiger partial charge is 0.480 e. The van der Waals surface area contributed by atoms with Gasteiger partial charge in [-0.3, -0.25) is 4.79 Å². The fourth-order valence-corrected chi connectivity index (χ4v) is 4.14. The average molecular weight is 383 g/mol. The second-order valence-corrected chi connectivity index (χ2v) is 7.64. The minimum atomic E-state index is -1.03. The van der Waals surface area contributed by atoms with Crippen LogP contribution in [0.3, 0.4) is 0 Å². The molecule has 1 aliphatic heterocycles. The zero-order chi connectivity index (χ0) is 19.7. The highest BCUT2D eigenvalue weighted by atomic mass is 16.5. The number of fused-ring (bicyclic) bond motifs is 1. The SMILES string of the molecule is Cc1ccc(-n2nc(C(=O)NC(C(=O)O)C3CCCOC3)c3c2CCC3)cc1. The minimum absolute atomic E-state index is 0.220. The minimum Gasteiger partial charge on any atom is -0.480 e. The molecule has 0 bridgehead atoms. The van der Waals surface area contributed by atoms with Gasteiger partial charge in [0.2, 0.25) is 0 Å². The summed E-state index contributed by atoms with van der Waals surface area (Å²) < 4.78 is 7.24. The first-order chi connectivity index (χ1) is 13.5. The van der Waals surface area contributed by atoms with Gasteiger partial charge in [0.1, 0.15) is 6.04 Å². The lowest BCUT2D eigenvalue weighted by molar-refractivity contribution is -0.142. The molecule has 2 aromatic rings. The Balaban J connectivity index is 1.61. The topological polar surface area (TPSA) is 93.5 Å². The summed E-state index contributed by atoms with van der Waals surface area (Å²) in [5.74, 6) is -1.66. The Labute approximate surface area is 163 Å². The molecule has 28 heavy (non-hydrogen) atoms. The number of hydrogen-bond donors (Lipinski definition) is 2. The molecule has 1 saturated heterocycles. The van der Waals surface area contributed by atoms with Gasteiger partial charge in [-0.05, 0) is 51.2 Å². The van der Waals surface area contributed by atoms with Gasteiger partial charge in [0.15, 0.2) is 5.69 Å². The molecule has 2 aliphatic rings. The maximum Gasteiger partial charge on any atom is 0.326 e. The average Bonchev–Trinajstić information content (AvgIpc) is 3.30. The molecule has 1 fully saturated rings. The van der Waals surface area contributed by atoms with E-state index in [-0.39, 0.29) is 5.92 Å². The highest BCUT2D eigenvalue weighted by Gasteiger charge is 2.34. The number of carboxylic acids is 1. The van der Waals surface area contributed by atoms with Crippen LogP contribution >= 0.6 is 0 Å². The quantitative estimate of drug-likeness (QED) is 0.826. The van der Waals surface area contributed by atoms with Crippen molar-refractivity contribution in [2.75, 3.05) is 13.2 Å². The van der Waals surface area contributed by atoms with Crippen LogP contribution < -0.4 is 5.32 Å². The van der Waals surface area contributed by atoms with Gasteiger partial charge in [-0.25, -0.2) is 9.48 Å². The summed E-state index contributed by atoms with van der Waals surface area (Å²) >= 11 is 0. The molecule has 1 aromatic carbocycles. The number of carbonyl (C=O) groups is 2. The summed E-state index contributed by atoms with van der Waals surface area (Å²) in [7, 11) is 0. The monoisotopic (exact) mass is 383 g/mol. The molecule has 0 radical (unpaired) electrons. The normalized spacial score (nSPS) is 19.8. The van der Waals surface area contributed by atoms with Crippen LogP contribution in [-0.2, 0) is 22.4 Å². The number of ether oxygens (including phenoxy) is 1. The molecule has 2 atom stereocenters. The van der Waals surface area contributed by atoms with E-state index in [1.165, 1.54) is 0 Å². The summed E-state index contributed by atoms with van der Waals surface area (Å²) in [6.07, 6.45) is 4.16. The van der Waals surface area contributed by atoms with E-state index < -0.39 is 17.9 Å². The van der Waals surface area contributed by atoms with Crippen molar-refractivity contribution in [1.82, 2.24) is 15.1 Å². The molecule has 2 heterocycles. The first kappa shape index (κ1) is 18.7. The van der Waals surface area contributed by atoms with Crippen LogP contribution in [-0.4, -0.2) is 46.0 Å². The van der Waals surface area contributed by atoms with Gasteiger partial charge < -0.3 is 15.2 Å². The lowest BCUT2D eigenvalue weighted by atomic mass is 9.93. The van der Waals surface area contributed by atoms with Crippen molar-refractivity contribution in [2.24, 2.45) is 5.92 Å². The van der Waals surface area contributed by atoms with Gasteiger partial charge in [-0.15, -0.1) is 0 Å². The van der Waals surface area contributed by atoms with E-state index in [0.29, 0.717) is 18.9 Å². The van der Waals surface area contributed by atoms with Crippen molar-refractivity contribution >= 4 is 11.9 Å². The lowest BCUT2D eigenvalue weighted by Gasteiger charge is -2.27. The Morgan fingerprint density at radius 1 is 1.25 bits per heavy atom. The van der Waals surface area contributed by atoms with Gasteiger partial charge in [-0.2, -0.15) is 5.10 Å². The second-order valence-electron chi connectivity index (χ2n) is 7.64. The predicted molar refractivity (Wildman–Crippen MR) is 103 cm³/mol. The summed E-state index contributed by atoms with van der Waals surface area (Å²) in [5.41, 5.74) is 4.39. The Bertz CT molecular complexity index is 882. The van der Waals surface area contributed by atoms with Crippen LogP contribution in [0, 0.1) is 12.8 Å². The van der Waals surface area contributed by atoms with Crippen LogP contribution in [0.4, 0.5) is 0 Å². The molecule has 1 aliphatic carbocycles. The number of nitrogens with zero attached hydrogens (tertiary/aromatic N) is 2. The standard InChI is InChI=1S/C21H25N3O4/c1-13-7-9-15(10-8-13)24-17-6-2-5-16(17)19(23-24)20(25)22-18(21(26)27)14-4-3-11-28-12-14/h7-10,14,18H,2-6,11-12H2,1H3,(H,22,25)(H,26,27). The molecule has 0 spiro atoms. The van der Waals surface area contributed by atoms with E-state index in [1.807, 2.05) is 35.9 Å². The smallest absolute Gasteiger partial charge is 0.326 e. The van der Waals surface area contributed by atoms with Crippen molar-refractivity contribution in [1.29, 1.82) is 0 Å². The molecule has 2 N–H and O–H groups in total. The van der Waals surface area contributed by atoms with E-state index in [0.717, 1.165) is 54.6 Å². The number of hydrogen-bond acceptors (Lipinski definition) is 4. The van der Waals surface area contributed by atoms with Gasteiger partial charge in [-0.1, -0.05) is 17.7 Å². The van der Waals surface area contributed by atoms with Crippen LogP contribution in [0.15, 0.2) is 24.3 Å². The maximum atomic E-state index is 13.0. The number of aromatic nitrogens is 2. The third-order valence-corrected chi connectivity index (χ3v) is 5.64. The first-order valence-corrected chi connectivity index (χ1v) is 9.84. The summed E-state index contributed by atoms with van der Waals surface area (Å²) in [6.45, 7) is 3.02. The van der Waals surface area contributed by atoms with E-state index in [9.17, 15) is 14.7 Å². The van der Waals surface area contributed by atoms with Crippen molar-refractivity contribution in [3.05, 3.63) is 46.8 Å². The third kappa shape index (κ3) is 3.54. The molecule has 0 saturated carbocycles. The highest BCUT2D eigenvalue weighted by molar-refractivity contribution is 5.96. The van der Waals surface area contributed by atoms with Crippen molar-refractivity contribution < 1.29 is 19.4 Å². The number of nitrogens with one attached hydrogen (secondary N) is 1. The fourth-order valence-electron chi connectivity index (χ4n) is 4.14. The van der Waals surface area contributed by atoms with Crippen molar-refractivity contribution in [3.8, 4) is 5.69 Å². The van der Waals surface area contributed by atoms with Crippen LogP contribution in [0.5, 0.6) is 0 Å². The maximum absolute atomic E-state index is 13.0. The Morgan fingerprint density at radius 2 is 2.04 bits per heavy atom. The van der Waals surface area contributed by atoms with Crippen LogP contribution in [0.1, 0.15) is 46.6 Å². The zero-order valence-electron chi connectivity index (χ0n) is 16.0. The van der Waals surface area contributed by atoms with Crippen LogP contribution in [0.2, 0.25) is 0 Å². The number of benzene rings is 1. The van der Waals surface area contributed by atoms with Gasteiger partial charge >= 0.3 is 5.97 Å². The predicted octanol–water partition coefficient (Wildman–Crippen LogP) is 2.28. The third-order valence-electron chi connectivity index (χ3n) is 5.64. The molecule has 1 aromatic heterocycles. The number of aryl methyl sites for hydroxylation is 1. The highest BCUT2D eigenvalue weighted by Crippen LogP contribution is 2.28. The molecular formula is C21H25N3O4. The summed E-state index contributed by atoms with van der Waals surface area (Å²) in [6, 6.07) is 7.04. The fraction of sp³-hybridized carbons (Fsp3) is 0.476. The van der Waals surface area contributed by atoms with Crippen LogP contribution in [0.25, 0.3) is 5.69 Å². The van der Waals surface area contributed by atoms with E-state index >= 15 is 0 Å². The number of amides is 1. The Kier molecular flexibility index (Phi) is 5.17. The van der Waals surface area contributed by atoms with Crippen molar-refractivity contribution in [3.63, 3.8) is 0 Å². The molecule has 2 unspecified atom stereocenters. The van der Waals surface area contributed by atoms with Gasteiger partial charge in [0.25, 0.3) is 5.91 Å². The van der Waals surface area contributed by atoms with E-state index in [4.69, 9.17) is 4.74 Å². The van der Waals surface area contributed by atoms with E-state index in [2.05, 4.69) is 10.4 Å². The Morgan fingerprint density at radius 3 is 2.71 bits per heavy atom.